The predicted octanol–water partition coefficient (Wildman–Crippen LogP) is 0.587. The molecular weight excluding hydrogens is 314 g/mol. The Balaban J connectivity index is 1.59. The molecule has 140 valence electrons. The molecule has 7 nitrogen and oxygen atoms in total. The van der Waals surface area contributed by atoms with Gasteiger partial charge in [0.25, 0.3) is 0 Å². The Morgan fingerprint density at radius 2 is 2.08 bits per heavy atom. The minimum atomic E-state index is 0.457. The molecule has 1 aromatic rings. The third-order valence-electron chi connectivity index (χ3n) is 5.81. The highest BCUT2D eigenvalue weighted by atomic mass is 15.3. The zero-order valence-electron chi connectivity index (χ0n) is 16.1. The molecule has 3 heterocycles. The van der Waals surface area contributed by atoms with Gasteiger partial charge in [-0.2, -0.15) is 0 Å². The summed E-state index contributed by atoms with van der Waals surface area (Å²) in [4.78, 5) is 16.0. The standard InChI is InChI=1S/C18H33N7/c1-15-5-7-24(13-17(15)25-8-6-20-14-25)18(19-2)21-11-16-12-22(3)9-10-23(16)4/h6,8,14-17H,5,7,9-13H2,1-4H3,(H,19,21). The number of piperidine rings is 1. The average Bonchev–Trinajstić information content (AvgIpc) is 3.14. The first-order chi connectivity index (χ1) is 12.1. The number of nitrogens with zero attached hydrogens (tertiary/aromatic N) is 6. The Hall–Kier alpha value is -1.60. The number of hydrogen-bond acceptors (Lipinski definition) is 4. The summed E-state index contributed by atoms with van der Waals surface area (Å²) < 4.78 is 2.24. The van der Waals surface area contributed by atoms with Crippen molar-refractivity contribution in [1.29, 1.82) is 0 Å². The molecule has 3 atom stereocenters. The van der Waals surface area contributed by atoms with Gasteiger partial charge >= 0.3 is 0 Å². The number of imidazole rings is 1. The smallest absolute Gasteiger partial charge is 0.193 e. The van der Waals surface area contributed by atoms with Crippen molar-refractivity contribution in [2.24, 2.45) is 10.9 Å². The van der Waals surface area contributed by atoms with Gasteiger partial charge in [-0.1, -0.05) is 6.92 Å². The fourth-order valence-corrected chi connectivity index (χ4v) is 3.96. The first-order valence-electron chi connectivity index (χ1n) is 9.40. The van der Waals surface area contributed by atoms with E-state index < -0.39 is 0 Å². The van der Waals surface area contributed by atoms with Crippen molar-refractivity contribution in [3.8, 4) is 0 Å². The predicted molar refractivity (Wildman–Crippen MR) is 102 cm³/mol. The number of nitrogens with one attached hydrogen (secondary N) is 1. The lowest BCUT2D eigenvalue weighted by Crippen LogP contribution is -2.56. The number of aromatic nitrogens is 2. The molecule has 0 spiro atoms. The fraction of sp³-hybridized carbons (Fsp3) is 0.778. The number of aliphatic imine (C=N–C) groups is 1. The van der Waals surface area contributed by atoms with E-state index in [-0.39, 0.29) is 0 Å². The van der Waals surface area contributed by atoms with Crippen molar-refractivity contribution in [1.82, 2.24) is 29.6 Å². The van der Waals surface area contributed by atoms with Crippen LogP contribution in [0.3, 0.4) is 0 Å². The molecule has 0 bridgehead atoms. The van der Waals surface area contributed by atoms with Crippen LogP contribution in [0.5, 0.6) is 0 Å². The lowest BCUT2D eigenvalue weighted by molar-refractivity contribution is 0.115. The molecule has 1 aromatic heterocycles. The van der Waals surface area contributed by atoms with Crippen LogP contribution in [0.15, 0.2) is 23.7 Å². The normalized spacial score (nSPS) is 29.8. The third-order valence-corrected chi connectivity index (χ3v) is 5.81. The summed E-state index contributed by atoms with van der Waals surface area (Å²) in [7, 11) is 6.32. The van der Waals surface area contributed by atoms with Gasteiger partial charge in [0.1, 0.15) is 0 Å². The van der Waals surface area contributed by atoms with E-state index in [2.05, 4.69) is 61.8 Å². The highest BCUT2D eigenvalue weighted by Crippen LogP contribution is 2.27. The number of likely N-dealkylation sites (N-methyl/N-ethyl adjacent to an activating group) is 2. The summed E-state index contributed by atoms with van der Waals surface area (Å²) in [5.41, 5.74) is 0. The quantitative estimate of drug-likeness (QED) is 0.641. The summed E-state index contributed by atoms with van der Waals surface area (Å²) >= 11 is 0. The molecule has 2 aliphatic rings. The minimum Gasteiger partial charge on any atom is -0.355 e. The van der Waals surface area contributed by atoms with Gasteiger partial charge < -0.3 is 19.7 Å². The van der Waals surface area contributed by atoms with E-state index in [1.807, 2.05) is 19.6 Å². The van der Waals surface area contributed by atoms with Crippen LogP contribution in [0.1, 0.15) is 19.4 Å². The van der Waals surface area contributed by atoms with Gasteiger partial charge in [0.2, 0.25) is 0 Å². The highest BCUT2D eigenvalue weighted by Gasteiger charge is 2.29. The van der Waals surface area contributed by atoms with E-state index in [9.17, 15) is 0 Å². The van der Waals surface area contributed by atoms with E-state index in [1.165, 1.54) is 6.42 Å². The Bertz CT molecular complexity index is 556. The van der Waals surface area contributed by atoms with Gasteiger partial charge in [-0.05, 0) is 26.4 Å². The number of likely N-dealkylation sites (tertiary alicyclic amines) is 1. The van der Waals surface area contributed by atoms with Crippen molar-refractivity contribution in [3.05, 3.63) is 18.7 Å². The molecule has 2 aliphatic heterocycles. The van der Waals surface area contributed by atoms with Gasteiger partial charge in [-0.25, -0.2) is 4.98 Å². The molecule has 0 saturated carbocycles. The van der Waals surface area contributed by atoms with Crippen LogP contribution in [-0.2, 0) is 0 Å². The van der Waals surface area contributed by atoms with Crippen molar-refractivity contribution in [2.45, 2.75) is 25.4 Å². The summed E-state index contributed by atoms with van der Waals surface area (Å²) in [6.07, 6.45) is 7.06. The highest BCUT2D eigenvalue weighted by molar-refractivity contribution is 5.80. The molecule has 3 rings (SSSR count). The molecule has 0 aromatic carbocycles. The van der Waals surface area contributed by atoms with Gasteiger partial charge in [0, 0.05) is 64.8 Å². The van der Waals surface area contributed by atoms with Crippen LogP contribution in [0, 0.1) is 5.92 Å². The van der Waals surface area contributed by atoms with E-state index >= 15 is 0 Å². The summed E-state index contributed by atoms with van der Waals surface area (Å²) in [5, 5.41) is 3.62. The van der Waals surface area contributed by atoms with Crippen LogP contribution in [0.2, 0.25) is 0 Å². The Morgan fingerprint density at radius 1 is 1.24 bits per heavy atom. The molecule has 2 saturated heterocycles. The molecule has 1 N–H and O–H groups in total. The SMILES string of the molecule is CN=C(NCC1CN(C)CCN1C)N1CCC(C)C(n2ccnc2)C1. The Kier molecular flexibility index (Phi) is 5.96. The molecule has 0 aliphatic carbocycles. The monoisotopic (exact) mass is 347 g/mol. The minimum absolute atomic E-state index is 0.457. The van der Waals surface area contributed by atoms with Gasteiger partial charge in [-0.3, -0.25) is 9.89 Å². The second-order valence-electron chi connectivity index (χ2n) is 7.61. The molecule has 25 heavy (non-hydrogen) atoms. The third kappa shape index (κ3) is 4.33. The second-order valence-corrected chi connectivity index (χ2v) is 7.61. The molecule has 7 heteroatoms. The molecular formula is C18H33N7. The van der Waals surface area contributed by atoms with Gasteiger partial charge in [0.15, 0.2) is 5.96 Å². The van der Waals surface area contributed by atoms with Crippen molar-refractivity contribution >= 4 is 5.96 Å². The lowest BCUT2D eigenvalue weighted by atomic mass is 9.93. The summed E-state index contributed by atoms with van der Waals surface area (Å²) in [6, 6.07) is 0.988. The number of piperazine rings is 1. The average molecular weight is 348 g/mol. The molecule has 0 amide bonds. The molecule has 2 fully saturated rings. The molecule has 0 radical (unpaired) electrons. The summed E-state index contributed by atoms with van der Waals surface area (Å²) in [5.74, 6) is 1.68. The zero-order valence-corrected chi connectivity index (χ0v) is 16.1. The zero-order chi connectivity index (χ0) is 17.8. The van der Waals surface area contributed by atoms with Crippen molar-refractivity contribution < 1.29 is 0 Å². The van der Waals surface area contributed by atoms with Crippen molar-refractivity contribution in [2.75, 3.05) is 60.4 Å². The lowest BCUT2D eigenvalue weighted by Gasteiger charge is -2.41. The number of guanidine groups is 1. The van der Waals surface area contributed by atoms with Crippen LogP contribution >= 0.6 is 0 Å². The maximum atomic E-state index is 4.56. The largest absolute Gasteiger partial charge is 0.355 e. The summed E-state index contributed by atoms with van der Waals surface area (Å²) in [6.45, 7) is 8.71. The van der Waals surface area contributed by atoms with Crippen LogP contribution < -0.4 is 5.32 Å². The van der Waals surface area contributed by atoms with E-state index in [1.54, 1.807) is 0 Å². The van der Waals surface area contributed by atoms with Gasteiger partial charge in [0.05, 0.1) is 12.4 Å². The number of hydrogen-bond donors (Lipinski definition) is 1. The first kappa shape index (κ1) is 18.2. The molecule has 3 unspecified atom stereocenters. The van der Waals surface area contributed by atoms with Crippen LogP contribution in [0.4, 0.5) is 0 Å². The fourth-order valence-electron chi connectivity index (χ4n) is 3.96. The maximum Gasteiger partial charge on any atom is 0.193 e. The first-order valence-corrected chi connectivity index (χ1v) is 9.40. The maximum absolute atomic E-state index is 4.56. The van der Waals surface area contributed by atoms with E-state index in [0.717, 1.165) is 45.2 Å². The topological polar surface area (TPSA) is 51.9 Å². The number of rotatable bonds is 3. The van der Waals surface area contributed by atoms with Crippen molar-refractivity contribution in [3.63, 3.8) is 0 Å². The Labute approximate surface area is 151 Å². The van der Waals surface area contributed by atoms with Crippen LogP contribution in [-0.4, -0.2) is 96.7 Å². The van der Waals surface area contributed by atoms with E-state index in [4.69, 9.17) is 0 Å². The van der Waals surface area contributed by atoms with E-state index in [0.29, 0.717) is 18.0 Å². The van der Waals surface area contributed by atoms with Gasteiger partial charge in [-0.15, -0.1) is 0 Å². The second kappa shape index (κ2) is 8.19. The Morgan fingerprint density at radius 3 is 2.80 bits per heavy atom. The van der Waals surface area contributed by atoms with Crippen LogP contribution in [0.25, 0.3) is 0 Å².